The van der Waals surface area contributed by atoms with Crippen LogP contribution in [0.3, 0.4) is 0 Å². The van der Waals surface area contributed by atoms with Gasteiger partial charge in [-0.3, -0.25) is 4.79 Å². The normalized spacial score (nSPS) is 29.4. The number of rotatable bonds is 5. The number of carbonyl (C=O) groups is 1. The van der Waals surface area contributed by atoms with E-state index in [0.717, 1.165) is 19.3 Å². The van der Waals surface area contributed by atoms with E-state index in [-0.39, 0.29) is 23.6 Å². The minimum absolute atomic E-state index is 0.0282. The number of ether oxygens (including phenoxy) is 3. The smallest absolute Gasteiger partial charge is 0.308 e. The Morgan fingerprint density at radius 2 is 2.24 bits per heavy atom. The van der Waals surface area contributed by atoms with Gasteiger partial charge in [-0.2, -0.15) is 0 Å². The lowest BCUT2D eigenvalue weighted by Gasteiger charge is -2.38. The van der Waals surface area contributed by atoms with Crippen LogP contribution in [0.5, 0.6) is 0 Å². The molecule has 4 heteroatoms. The van der Waals surface area contributed by atoms with E-state index in [9.17, 15) is 4.79 Å². The fraction of sp³-hybridized carbons (Fsp3) is 0.923. The number of carbonyl (C=O) groups excluding carboxylic acids is 1. The van der Waals surface area contributed by atoms with Crippen molar-refractivity contribution in [2.45, 2.75) is 46.3 Å². The van der Waals surface area contributed by atoms with Gasteiger partial charge in [0.05, 0.1) is 19.1 Å². The van der Waals surface area contributed by atoms with Crippen LogP contribution in [0.1, 0.15) is 40.0 Å². The van der Waals surface area contributed by atoms with E-state index in [0.29, 0.717) is 13.2 Å². The Bertz CT molecular complexity index is 242. The van der Waals surface area contributed by atoms with Gasteiger partial charge in [-0.1, -0.05) is 20.8 Å². The van der Waals surface area contributed by atoms with Crippen molar-refractivity contribution >= 4 is 5.97 Å². The van der Waals surface area contributed by atoms with Crippen molar-refractivity contribution in [3.05, 3.63) is 0 Å². The first-order chi connectivity index (χ1) is 8.03. The molecule has 4 nitrogen and oxygen atoms in total. The minimum atomic E-state index is -0.133. The average Bonchev–Trinajstić information content (AvgIpc) is 2.36. The predicted octanol–water partition coefficient (Wildman–Crippen LogP) is 2.36. The van der Waals surface area contributed by atoms with Gasteiger partial charge in [0.15, 0.2) is 6.29 Å². The largest absolute Gasteiger partial charge is 0.465 e. The predicted molar refractivity (Wildman–Crippen MR) is 64.5 cm³/mol. The molecular weight excluding hydrogens is 220 g/mol. The molecule has 1 rings (SSSR count). The maximum Gasteiger partial charge on any atom is 0.308 e. The molecular formula is C13H24O4. The van der Waals surface area contributed by atoms with Gasteiger partial charge in [-0.25, -0.2) is 0 Å². The van der Waals surface area contributed by atoms with E-state index in [4.69, 9.17) is 14.2 Å². The highest BCUT2D eigenvalue weighted by Gasteiger charge is 2.36. The van der Waals surface area contributed by atoms with Gasteiger partial charge in [-0.15, -0.1) is 0 Å². The van der Waals surface area contributed by atoms with Gasteiger partial charge in [0.1, 0.15) is 0 Å². The number of hydrogen-bond acceptors (Lipinski definition) is 4. The van der Waals surface area contributed by atoms with E-state index >= 15 is 0 Å². The molecule has 2 atom stereocenters. The van der Waals surface area contributed by atoms with E-state index < -0.39 is 0 Å². The summed E-state index contributed by atoms with van der Waals surface area (Å²) in [5.74, 6) is -0.202. The van der Waals surface area contributed by atoms with Gasteiger partial charge < -0.3 is 14.2 Å². The van der Waals surface area contributed by atoms with Crippen LogP contribution in [0.4, 0.5) is 0 Å². The quantitative estimate of drug-likeness (QED) is 0.696. The van der Waals surface area contributed by atoms with Crippen LogP contribution >= 0.6 is 0 Å². The second kappa shape index (κ2) is 6.36. The molecule has 0 N–H and O–H groups in total. The summed E-state index contributed by atoms with van der Waals surface area (Å²) in [6.07, 6.45) is 2.70. The number of hydrogen-bond donors (Lipinski definition) is 0. The summed E-state index contributed by atoms with van der Waals surface area (Å²) < 4.78 is 16.1. The van der Waals surface area contributed by atoms with Gasteiger partial charge in [0.2, 0.25) is 0 Å². The fourth-order valence-electron chi connectivity index (χ4n) is 1.92. The molecule has 1 saturated heterocycles. The highest BCUT2D eigenvalue weighted by Crippen LogP contribution is 2.35. The summed E-state index contributed by atoms with van der Waals surface area (Å²) in [5, 5.41) is 0. The molecule has 0 radical (unpaired) electrons. The molecule has 0 bridgehead atoms. The zero-order valence-corrected chi connectivity index (χ0v) is 11.3. The molecule has 100 valence electrons. The first-order valence-electron chi connectivity index (χ1n) is 6.34. The molecule has 1 aliphatic rings. The van der Waals surface area contributed by atoms with Crippen molar-refractivity contribution in [3.8, 4) is 0 Å². The Balaban J connectivity index is 2.45. The third-order valence-corrected chi connectivity index (χ3v) is 3.49. The van der Waals surface area contributed by atoms with Crippen molar-refractivity contribution < 1.29 is 19.0 Å². The van der Waals surface area contributed by atoms with Crippen molar-refractivity contribution in [3.63, 3.8) is 0 Å². The van der Waals surface area contributed by atoms with E-state index in [1.54, 1.807) is 7.11 Å². The number of methoxy groups -OCH3 is 1. The molecule has 1 heterocycles. The van der Waals surface area contributed by atoms with Crippen molar-refractivity contribution in [2.24, 2.45) is 11.3 Å². The molecule has 0 amide bonds. The third-order valence-electron chi connectivity index (χ3n) is 3.49. The van der Waals surface area contributed by atoms with Crippen LogP contribution in [0.25, 0.3) is 0 Å². The Labute approximate surface area is 104 Å². The van der Waals surface area contributed by atoms with Crippen molar-refractivity contribution in [2.75, 3.05) is 20.3 Å². The minimum Gasteiger partial charge on any atom is -0.465 e. The van der Waals surface area contributed by atoms with E-state index in [1.165, 1.54) is 0 Å². The molecule has 0 saturated carbocycles. The highest BCUT2D eigenvalue weighted by molar-refractivity contribution is 5.71. The zero-order chi connectivity index (χ0) is 12.9. The third kappa shape index (κ3) is 3.96. The summed E-state index contributed by atoms with van der Waals surface area (Å²) in [6, 6.07) is 0. The van der Waals surface area contributed by atoms with Crippen LogP contribution < -0.4 is 0 Å². The van der Waals surface area contributed by atoms with Crippen molar-refractivity contribution in [1.82, 2.24) is 0 Å². The Hall–Kier alpha value is -0.610. The molecule has 0 aromatic heterocycles. The lowest BCUT2D eigenvalue weighted by molar-refractivity contribution is -0.194. The first kappa shape index (κ1) is 14.5. The standard InChI is InChI=1S/C13H24O4/c1-5-13(9-17-12(14)10(2)3)7-6-11(15-4)16-8-13/h10-11H,5-9H2,1-4H3. The Morgan fingerprint density at radius 3 is 2.65 bits per heavy atom. The summed E-state index contributed by atoms with van der Waals surface area (Å²) in [5.41, 5.74) is -0.0282. The maximum absolute atomic E-state index is 11.5. The molecule has 1 fully saturated rings. The fourth-order valence-corrected chi connectivity index (χ4v) is 1.92. The molecule has 0 aromatic rings. The van der Waals surface area contributed by atoms with E-state index in [1.807, 2.05) is 13.8 Å². The van der Waals surface area contributed by atoms with Gasteiger partial charge in [0, 0.05) is 12.5 Å². The second-order valence-corrected chi connectivity index (χ2v) is 5.13. The average molecular weight is 244 g/mol. The summed E-state index contributed by atoms with van der Waals surface area (Å²) >= 11 is 0. The summed E-state index contributed by atoms with van der Waals surface area (Å²) in [4.78, 5) is 11.5. The van der Waals surface area contributed by atoms with Gasteiger partial charge in [-0.05, 0) is 19.3 Å². The lowest BCUT2D eigenvalue weighted by Crippen LogP contribution is -2.40. The van der Waals surface area contributed by atoms with Crippen LogP contribution in [-0.2, 0) is 19.0 Å². The van der Waals surface area contributed by atoms with Crippen LogP contribution in [0.2, 0.25) is 0 Å². The highest BCUT2D eigenvalue weighted by atomic mass is 16.7. The SMILES string of the molecule is CCC1(COC(=O)C(C)C)CCC(OC)OC1. The van der Waals surface area contributed by atoms with Gasteiger partial charge in [0.25, 0.3) is 0 Å². The van der Waals surface area contributed by atoms with Gasteiger partial charge >= 0.3 is 5.97 Å². The Kier molecular flexibility index (Phi) is 5.40. The van der Waals surface area contributed by atoms with Crippen molar-refractivity contribution in [1.29, 1.82) is 0 Å². The number of esters is 1. The first-order valence-corrected chi connectivity index (χ1v) is 6.34. The molecule has 0 spiro atoms. The summed E-state index contributed by atoms with van der Waals surface area (Å²) in [7, 11) is 1.66. The lowest BCUT2D eigenvalue weighted by atomic mass is 9.80. The van der Waals surface area contributed by atoms with Crippen LogP contribution in [-0.4, -0.2) is 32.6 Å². The summed E-state index contributed by atoms with van der Waals surface area (Å²) in [6.45, 7) is 6.86. The molecule has 0 aliphatic carbocycles. The monoisotopic (exact) mass is 244 g/mol. The Morgan fingerprint density at radius 1 is 1.53 bits per heavy atom. The van der Waals surface area contributed by atoms with Crippen LogP contribution in [0.15, 0.2) is 0 Å². The zero-order valence-electron chi connectivity index (χ0n) is 11.3. The van der Waals surface area contributed by atoms with E-state index in [2.05, 4.69) is 6.92 Å². The molecule has 1 aliphatic heterocycles. The molecule has 0 aromatic carbocycles. The second-order valence-electron chi connectivity index (χ2n) is 5.13. The maximum atomic E-state index is 11.5. The topological polar surface area (TPSA) is 44.8 Å². The molecule has 2 unspecified atom stereocenters. The van der Waals surface area contributed by atoms with Crippen LogP contribution in [0, 0.1) is 11.3 Å². The molecule has 17 heavy (non-hydrogen) atoms.